The molecule has 3 amide bonds. The predicted octanol–water partition coefficient (Wildman–Crippen LogP) is 2.14. The number of urea groups is 1. The van der Waals surface area contributed by atoms with Crippen LogP contribution in [0.2, 0.25) is 5.15 Å². The van der Waals surface area contributed by atoms with Crippen molar-refractivity contribution in [1.82, 2.24) is 20.0 Å². The number of aromatic nitrogens is 2. The Balaban J connectivity index is 1.98. The van der Waals surface area contributed by atoms with Crippen LogP contribution in [0.3, 0.4) is 0 Å². The minimum Gasteiger partial charge on any atom is -0.449 e. The molecule has 26 heavy (non-hydrogen) atoms. The summed E-state index contributed by atoms with van der Waals surface area (Å²) >= 11 is 6.30. The van der Waals surface area contributed by atoms with Crippen LogP contribution in [0, 0.1) is 6.92 Å². The van der Waals surface area contributed by atoms with E-state index in [1.165, 1.54) is 19.1 Å². The minimum absolute atomic E-state index is 0.265. The first-order valence-electron chi connectivity index (χ1n) is 8.56. The van der Waals surface area contributed by atoms with Gasteiger partial charge in [-0.3, -0.25) is 14.4 Å². The predicted molar refractivity (Wildman–Crippen MR) is 96.6 cm³/mol. The van der Waals surface area contributed by atoms with Crippen LogP contribution in [0.1, 0.15) is 37.9 Å². The number of amides is 3. The third-order valence-electron chi connectivity index (χ3n) is 3.98. The summed E-state index contributed by atoms with van der Waals surface area (Å²) in [6.45, 7) is 6.68. The second kappa shape index (κ2) is 8.84. The van der Waals surface area contributed by atoms with Crippen LogP contribution in [0.25, 0.3) is 6.08 Å². The monoisotopic (exact) mass is 382 g/mol. The van der Waals surface area contributed by atoms with Crippen molar-refractivity contribution in [3.05, 3.63) is 22.5 Å². The third kappa shape index (κ3) is 4.63. The molecule has 2 rings (SSSR count). The van der Waals surface area contributed by atoms with Gasteiger partial charge in [0.25, 0.3) is 5.91 Å². The Kier molecular flexibility index (Phi) is 6.79. The van der Waals surface area contributed by atoms with E-state index in [0.717, 1.165) is 17.7 Å². The van der Waals surface area contributed by atoms with Crippen molar-refractivity contribution in [3.63, 3.8) is 0 Å². The zero-order valence-corrected chi connectivity index (χ0v) is 15.9. The fourth-order valence-corrected chi connectivity index (χ4v) is 2.85. The number of esters is 1. The van der Waals surface area contributed by atoms with E-state index in [9.17, 15) is 14.4 Å². The number of ether oxygens (including phenoxy) is 1. The van der Waals surface area contributed by atoms with Gasteiger partial charge in [0.15, 0.2) is 6.10 Å². The molecule has 8 nitrogen and oxygen atoms in total. The first-order valence-corrected chi connectivity index (χ1v) is 8.93. The number of nitrogens with zero attached hydrogens (tertiary/aromatic N) is 3. The molecule has 142 valence electrons. The van der Waals surface area contributed by atoms with Gasteiger partial charge in [0, 0.05) is 31.3 Å². The first-order chi connectivity index (χ1) is 12.3. The van der Waals surface area contributed by atoms with Crippen LogP contribution in [-0.4, -0.2) is 51.8 Å². The van der Waals surface area contributed by atoms with E-state index in [1.807, 2.05) is 0 Å². The number of rotatable bonds is 7. The highest BCUT2D eigenvalue weighted by molar-refractivity contribution is 6.31. The van der Waals surface area contributed by atoms with Crippen LogP contribution in [0.15, 0.2) is 6.08 Å². The Morgan fingerprint density at radius 2 is 2.19 bits per heavy atom. The maximum absolute atomic E-state index is 12.1. The molecule has 0 radical (unpaired) electrons. The van der Waals surface area contributed by atoms with Crippen molar-refractivity contribution in [2.24, 2.45) is 0 Å². The number of halogens is 1. The van der Waals surface area contributed by atoms with Gasteiger partial charge < -0.3 is 10.1 Å². The van der Waals surface area contributed by atoms with Gasteiger partial charge in [-0.05, 0) is 26.3 Å². The number of hydrogen-bond donors (Lipinski definition) is 1. The number of aryl methyl sites for hydroxylation is 2. The van der Waals surface area contributed by atoms with E-state index in [1.54, 1.807) is 11.6 Å². The van der Waals surface area contributed by atoms with Crippen LogP contribution in [0.5, 0.6) is 0 Å². The number of imide groups is 1. The molecule has 0 spiro atoms. The van der Waals surface area contributed by atoms with Crippen LogP contribution >= 0.6 is 11.6 Å². The number of hydrogen-bond acceptors (Lipinski definition) is 5. The van der Waals surface area contributed by atoms with E-state index >= 15 is 0 Å². The molecule has 0 saturated carbocycles. The molecular formula is C17H23ClN4O4. The molecule has 0 aromatic carbocycles. The molecule has 0 aliphatic carbocycles. The highest BCUT2D eigenvalue weighted by atomic mass is 35.5. The van der Waals surface area contributed by atoms with Gasteiger partial charge in [-0.25, -0.2) is 9.59 Å². The zero-order chi connectivity index (χ0) is 19.3. The topological polar surface area (TPSA) is 93.5 Å². The molecule has 1 aliphatic heterocycles. The lowest BCUT2D eigenvalue weighted by Crippen LogP contribution is -2.41. The molecule has 1 fully saturated rings. The maximum Gasteiger partial charge on any atom is 0.331 e. The molecule has 1 atom stereocenters. The summed E-state index contributed by atoms with van der Waals surface area (Å²) in [6, 6.07) is -0.477. The summed E-state index contributed by atoms with van der Waals surface area (Å²) in [5.74, 6) is -1.24. The van der Waals surface area contributed by atoms with Gasteiger partial charge >= 0.3 is 12.0 Å². The van der Waals surface area contributed by atoms with E-state index in [2.05, 4.69) is 17.3 Å². The lowest BCUT2D eigenvalue weighted by atomic mass is 10.2. The summed E-state index contributed by atoms with van der Waals surface area (Å²) in [5.41, 5.74) is 1.34. The van der Waals surface area contributed by atoms with E-state index in [0.29, 0.717) is 29.5 Å². The Labute approximate surface area is 157 Å². The van der Waals surface area contributed by atoms with Crippen molar-refractivity contribution in [1.29, 1.82) is 0 Å². The fraction of sp³-hybridized carbons (Fsp3) is 0.529. The van der Waals surface area contributed by atoms with Crippen molar-refractivity contribution in [3.8, 4) is 0 Å². The molecule has 1 aliphatic rings. The Bertz CT molecular complexity index is 729. The summed E-state index contributed by atoms with van der Waals surface area (Å²) in [6.07, 6.45) is 3.65. The van der Waals surface area contributed by atoms with Gasteiger partial charge in [0.1, 0.15) is 5.15 Å². The van der Waals surface area contributed by atoms with Gasteiger partial charge in [-0.15, -0.1) is 0 Å². The standard InChI is InChI=1S/C17H23ClN4O4/c1-4-5-9-22-15(18)13(11(2)20-22)6-7-14(23)26-12(3)16(24)21-10-8-19-17(21)25/h6-7,12H,4-5,8-10H2,1-3H3,(H,19,25)/b7-6+/t12-/m1/s1. The molecule has 1 aromatic rings. The third-order valence-corrected chi connectivity index (χ3v) is 4.38. The van der Waals surface area contributed by atoms with Crippen LogP contribution in [0.4, 0.5) is 4.79 Å². The number of carbonyl (C=O) groups is 3. The average molecular weight is 383 g/mol. The Morgan fingerprint density at radius 3 is 2.81 bits per heavy atom. The highest BCUT2D eigenvalue weighted by Gasteiger charge is 2.31. The molecule has 0 unspecified atom stereocenters. The summed E-state index contributed by atoms with van der Waals surface area (Å²) in [7, 11) is 0. The molecular weight excluding hydrogens is 360 g/mol. The average Bonchev–Trinajstić information content (AvgIpc) is 3.14. The SMILES string of the molecule is CCCCn1nc(C)c(/C=C/C(=O)O[C@H](C)C(=O)N2CCNC2=O)c1Cl. The Morgan fingerprint density at radius 1 is 1.46 bits per heavy atom. The Hall–Kier alpha value is -2.35. The zero-order valence-electron chi connectivity index (χ0n) is 15.1. The normalized spacial score (nSPS) is 15.4. The van der Waals surface area contributed by atoms with Crippen molar-refractivity contribution in [2.75, 3.05) is 13.1 Å². The molecule has 9 heteroatoms. The summed E-state index contributed by atoms with van der Waals surface area (Å²) in [5, 5.41) is 7.33. The molecule has 1 saturated heterocycles. The fourth-order valence-electron chi connectivity index (χ4n) is 2.53. The minimum atomic E-state index is -1.06. The first kappa shape index (κ1) is 20.0. The van der Waals surface area contributed by atoms with Crippen molar-refractivity contribution < 1.29 is 19.1 Å². The lowest BCUT2D eigenvalue weighted by molar-refractivity contribution is -0.153. The molecule has 1 aromatic heterocycles. The van der Waals surface area contributed by atoms with Gasteiger partial charge in [-0.1, -0.05) is 24.9 Å². The highest BCUT2D eigenvalue weighted by Crippen LogP contribution is 2.22. The van der Waals surface area contributed by atoms with Gasteiger partial charge in [-0.2, -0.15) is 5.10 Å². The number of nitrogens with one attached hydrogen (secondary N) is 1. The lowest BCUT2D eigenvalue weighted by Gasteiger charge is -2.17. The van der Waals surface area contributed by atoms with E-state index in [4.69, 9.17) is 16.3 Å². The van der Waals surface area contributed by atoms with E-state index < -0.39 is 24.0 Å². The largest absolute Gasteiger partial charge is 0.449 e. The van der Waals surface area contributed by atoms with Gasteiger partial charge in [0.05, 0.1) is 5.69 Å². The molecule has 0 bridgehead atoms. The molecule has 1 N–H and O–H groups in total. The summed E-state index contributed by atoms with van der Waals surface area (Å²) < 4.78 is 6.78. The van der Waals surface area contributed by atoms with Crippen molar-refractivity contribution in [2.45, 2.75) is 46.3 Å². The number of unbranched alkanes of at least 4 members (excludes halogenated alkanes) is 1. The second-order valence-corrected chi connectivity index (χ2v) is 6.36. The van der Waals surface area contributed by atoms with Gasteiger partial charge in [0.2, 0.25) is 0 Å². The van der Waals surface area contributed by atoms with E-state index in [-0.39, 0.29) is 6.54 Å². The second-order valence-electron chi connectivity index (χ2n) is 6.00. The van der Waals surface area contributed by atoms with Crippen LogP contribution < -0.4 is 5.32 Å². The summed E-state index contributed by atoms with van der Waals surface area (Å²) in [4.78, 5) is 36.6. The maximum atomic E-state index is 12.1. The molecule has 2 heterocycles. The van der Waals surface area contributed by atoms with Crippen LogP contribution in [-0.2, 0) is 20.9 Å². The van der Waals surface area contributed by atoms with Crippen molar-refractivity contribution >= 4 is 35.6 Å². The number of carbonyl (C=O) groups excluding carboxylic acids is 3. The quantitative estimate of drug-likeness (QED) is 0.576. The smallest absolute Gasteiger partial charge is 0.331 e.